The van der Waals surface area contributed by atoms with Gasteiger partial charge < -0.3 is 25.2 Å². The fourth-order valence-electron chi connectivity index (χ4n) is 2.07. The molecule has 1 unspecified atom stereocenters. The molecule has 11 heteroatoms. The van der Waals surface area contributed by atoms with Gasteiger partial charge in [0.05, 0.1) is 6.61 Å². The van der Waals surface area contributed by atoms with Crippen LogP contribution in [-0.4, -0.2) is 41.0 Å². The van der Waals surface area contributed by atoms with Crippen molar-refractivity contribution in [1.82, 2.24) is 0 Å². The molecule has 1 saturated heterocycles. The molecule has 1 fully saturated rings. The van der Waals surface area contributed by atoms with E-state index >= 15 is 0 Å². The molecule has 0 aromatic carbocycles. The van der Waals surface area contributed by atoms with Gasteiger partial charge in [0, 0.05) is 6.07 Å². The van der Waals surface area contributed by atoms with Crippen molar-refractivity contribution < 1.29 is 33.4 Å². The molecule has 4 atom stereocenters. The fourth-order valence-corrected chi connectivity index (χ4v) is 2.73. The Morgan fingerprint density at radius 2 is 2.14 bits per heavy atom. The lowest BCUT2D eigenvalue weighted by Gasteiger charge is -2.13. The topological polar surface area (TPSA) is 123 Å². The van der Waals surface area contributed by atoms with Crippen molar-refractivity contribution in [1.29, 1.82) is 0 Å². The predicted octanol–water partition coefficient (Wildman–Crippen LogP) is 0.295. The van der Waals surface area contributed by atoms with Gasteiger partial charge in [-0.2, -0.15) is 4.57 Å². The number of carbonyl (C=O) groups is 1. The number of pyridine rings is 1. The first-order chi connectivity index (χ1) is 10.2. The SMILES string of the molecule is NC(=O)c1ccc[n+](C2O[C@H](COP(=O)(Cl)Cl)[C@@H](O)[C@H]2O)c1. The summed E-state index contributed by atoms with van der Waals surface area (Å²) in [6.45, 7) is -0.366. The van der Waals surface area contributed by atoms with E-state index in [0.717, 1.165) is 0 Å². The first-order valence-electron chi connectivity index (χ1n) is 6.15. The van der Waals surface area contributed by atoms with Crippen LogP contribution in [0.25, 0.3) is 0 Å². The maximum atomic E-state index is 11.2. The third kappa shape index (κ3) is 4.17. The van der Waals surface area contributed by atoms with Crippen molar-refractivity contribution in [2.45, 2.75) is 24.5 Å². The Balaban J connectivity index is 2.14. The van der Waals surface area contributed by atoms with E-state index < -0.39 is 36.5 Å². The average Bonchev–Trinajstić information content (AvgIpc) is 2.72. The number of ether oxygens (including phenoxy) is 1. The van der Waals surface area contributed by atoms with Crippen molar-refractivity contribution in [2.75, 3.05) is 6.61 Å². The van der Waals surface area contributed by atoms with Crippen LogP contribution in [0.15, 0.2) is 24.5 Å². The Bertz CT molecular complexity index is 612. The fraction of sp³-hybridized carbons (Fsp3) is 0.455. The van der Waals surface area contributed by atoms with Gasteiger partial charge in [-0.15, -0.1) is 0 Å². The van der Waals surface area contributed by atoms with Crippen LogP contribution < -0.4 is 10.3 Å². The largest absolute Gasteiger partial charge is 0.387 e. The lowest BCUT2D eigenvalue weighted by atomic mass is 10.1. The molecule has 0 saturated carbocycles. The Labute approximate surface area is 135 Å². The van der Waals surface area contributed by atoms with Gasteiger partial charge >= 0.3 is 6.07 Å². The summed E-state index contributed by atoms with van der Waals surface area (Å²) in [7, 11) is 0. The van der Waals surface area contributed by atoms with E-state index in [1.807, 2.05) is 0 Å². The minimum absolute atomic E-state index is 0.207. The molecule has 1 amide bonds. The Morgan fingerprint density at radius 3 is 2.73 bits per heavy atom. The van der Waals surface area contributed by atoms with Crippen molar-refractivity contribution >= 4 is 34.5 Å². The second-order valence-electron chi connectivity index (χ2n) is 4.66. The second-order valence-corrected chi connectivity index (χ2v) is 8.94. The highest BCUT2D eigenvalue weighted by molar-refractivity contribution is 8.05. The van der Waals surface area contributed by atoms with E-state index in [2.05, 4.69) is 4.52 Å². The number of carbonyl (C=O) groups excluding carboxylic acids is 1. The number of rotatable bonds is 5. The van der Waals surface area contributed by atoms with E-state index in [9.17, 15) is 19.6 Å². The molecule has 0 bridgehead atoms. The van der Waals surface area contributed by atoms with E-state index in [1.165, 1.54) is 29.1 Å². The molecule has 0 radical (unpaired) electrons. The Kier molecular flexibility index (Phi) is 5.45. The lowest BCUT2D eigenvalue weighted by Crippen LogP contribution is -2.46. The summed E-state index contributed by atoms with van der Waals surface area (Å²) in [5.41, 5.74) is 5.39. The highest BCUT2D eigenvalue weighted by Gasteiger charge is 2.48. The molecule has 2 heterocycles. The van der Waals surface area contributed by atoms with E-state index in [0.29, 0.717) is 0 Å². The number of aliphatic hydroxyl groups excluding tert-OH is 2. The van der Waals surface area contributed by atoms with Crippen LogP contribution in [-0.2, 0) is 13.8 Å². The summed E-state index contributed by atoms with van der Waals surface area (Å²) >= 11 is 10.5. The molecule has 1 aliphatic rings. The molecule has 0 spiro atoms. The van der Waals surface area contributed by atoms with Crippen LogP contribution in [0.4, 0.5) is 0 Å². The molecule has 22 heavy (non-hydrogen) atoms. The third-order valence-corrected chi connectivity index (χ3v) is 4.16. The van der Waals surface area contributed by atoms with Crippen molar-refractivity contribution in [3.8, 4) is 0 Å². The summed E-state index contributed by atoms with van der Waals surface area (Å²) < 4.78 is 22.6. The van der Waals surface area contributed by atoms with Gasteiger partial charge in [-0.1, -0.05) is 0 Å². The van der Waals surface area contributed by atoms with Gasteiger partial charge in [0.25, 0.3) is 12.1 Å². The van der Waals surface area contributed by atoms with Crippen LogP contribution >= 0.6 is 28.6 Å². The minimum atomic E-state index is -3.77. The molecular formula is C11H14Cl2N2O6P+. The summed E-state index contributed by atoms with van der Waals surface area (Å²) in [6, 6.07) is 3.03. The number of primary amides is 1. The maximum absolute atomic E-state index is 11.2. The minimum Gasteiger partial charge on any atom is -0.387 e. The van der Waals surface area contributed by atoms with Gasteiger partial charge in [-0.05, 0) is 28.5 Å². The molecular weight excluding hydrogens is 358 g/mol. The maximum Gasteiger partial charge on any atom is 0.380 e. The number of nitrogens with two attached hydrogens (primary N) is 1. The van der Waals surface area contributed by atoms with Gasteiger partial charge in [-0.3, -0.25) is 9.36 Å². The predicted molar refractivity (Wildman–Crippen MR) is 76.3 cm³/mol. The number of hydrogen-bond acceptors (Lipinski definition) is 6. The molecule has 1 aliphatic heterocycles. The average molecular weight is 372 g/mol. The van der Waals surface area contributed by atoms with E-state index in [1.54, 1.807) is 0 Å². The standard InChI is InChI=1S/C11H13Cl2N2O6P/c12-22(13,19)20-5-7-8(16)9(17)11(21-7)15-3-1-2-6(4-15)10(14)18/h1-4,7-9,11,16-17H,5H2,(H-,14,18)/p+1/t7-,8-,9-,11?/m1/s1. The number of nitrogens with zero attached hydrogens (tertiary/aromatic N) is 1. The Hall–Kier alpha value is -0.730. The molecule has 1 aromatic heterocycles. The van der Waals surface area contributed by atoms with Crippen LogP contribution in [0, 0.1) is 0 Å². The lowest BCUT2D eigenvalue weighted by molar-refractivity contribution is -0.765. The number of aromatic nitrogens is 1. The van der Waals surface area contributed by atoms with Gasteiger partial charge in [0.2, 0.25) is 0 Å². The molecule has 4 N–H and O–H groups in total. The molecule has 122 valence electrons. The normalized spacial score (nSPS) is 28.7. The quantitative estimate of drug-likeness (QED) is 0.505. The third-order valence-electron chi connectivity index (χ3n) is 3.13. The highest BCUT2D eigenvalue weighted by atomic mass is 35.9. The number of amides is 1. The van der Waals surface area contributed by atoms with E-state index in [-0.39, 0.29) is 12.2 Å². The first-order valence-corrected chi connectivity index (χ1v) is 9.58. The zero-order chi connectivity index (χ0) is 16.5. The van der Waals surface area contributed by atoms with Gasteiger partial charge in [0.15, 0.2) is 18.5 Å². The zero-order valence-electron chi connectivity index (χ0n) is 11.1. The van der Waals surface area contributed by atoms with Crippen molar-refractivity contribution in [2.24, 2.45) is 5.73 Å². The van der Waals surface area contributed by atoms with Crippen molar-refractivity contribution in [3.63, 3.8) is 0 Å². The molecule has 8 nitrogen and oxygen atoms in total. The zero-order valence-corrected chi connectivity index (χ0v) is 13.5. The van der Waals surface area contributed by atoms with E-state index in [4.69, 9.17) is 33.0 Å². The summed E-state index contributed by atoms with van der Waals surface area (Å²) in [6.07, 6.45) is -5.44. The number of hydrogen-bond donors (Lipinski definition) is 3. The van der Waals surface area contributed by atoms with Crippen LogP contribution in [0.1, 0.15) is 16.6 Å². The summed E-state index contributed by atoms with van der Waals surface area (Å²) in [5, 5.41) is 20.0. The van der Waals surface area contributed by atoms with Crippen LogP contribution in [0.2, 0.25) is 0 Å². The number of aliphatic hydroxyl groups is 2. The monoisotopic (exact) mass is 371 g/mol. The molecule has 2 rings (SSSR count). The smallest absolute Gasteiger partial charge is 0.380 e. The van der Waals surface area contributed by atoms with Crippen LogP contribution in [0.3, 0.4) is 0 Å². The second kappa shape index (κ2) is 6.80. The first kappa shape index (κ1) is 17.6. The molecule has 1 aromatic rings. The number of halogens is 2. The summed E-state index contributed by atoms with van der Waals surface area (Å²) in [4.78, 5) is 11.2. The highest BCUT2D eigenvalue weighted by Crippen LogP contribution is 2.57. The van der Waals surface area contributed by atoms with Crippen LogP contribution in [0.5, 0.6) is 0 Å². The van der Waals surface area contributed by atoms with Gasteiger partial charge in [0.1, 0.15) is 17.8 Å². The van der Waals surface area contributed by atoms with Crippen molar-refractivity contribution in [3.05, 3.63) is 30.1 Å². The van der Waals surface area contributed by atoms with Gasteiger partial charge in [-0.25, -0.2) is 0 Å². The summed E-state index contributed by atoms with van der Waals surface area (Å²) in [5.74, 6) is -0.646. The molecule has 0 aliphatic carbocycles. The Morgan fingerprint density at radius 1 is 1.45 bits per heavy atom.